The van der Waals surface area contributed by atoms with Crippen LogP contribution in [-0.2, 0) is 24.8 Å². The van der Waals surface area contributed by atoms with Crippen LogP contribution in [0.2, 0.25) is 0 Å². The number of carbonyl (C=O) groups excluding carboxylic acids is 2. The Bertz CT molecular complexity index is 1370. The zero-order valence-corrected chi connectivity index (χ0v) is 22.6. The van der Waals surface area contributed by atoms with Crippen molar-refractivity contribution in [1.29, 1.82) is 0 Å². The van der Waals surface area contributed by atoms with Gasteiger partial charge in [-0.2, -0.15) is 0 Å². The van der Waals surface area contributed by atoms with Crippen LogP contribution in [0.3, 0.4) is 0 Å². The zero-order chi connectivity index (χ0) is 27.8. The van der Waals surface area contributed by atoms with Gasteiger partial charge in [0.15, 0.2) is 0 Å². The third kappa shape index (κ3) is 5.87. The number of carbonyl (C=O) groups is 2. The summed E-state index contributed by atoms with van der Waals surface area (Å²) in [4.78, 5) is 29.5. The first-order chi connectivity index (χ1) is 17.8. The maximum atomic E-state index is 15.3. The Morgan fingerprint density at radius 3 is 2.39 bits per heavy atom. The molecule has 38 heavy (non-hydrogen) atoms. The lowest BCUT2D eigenvalue weighted by Gasteiger charge is -2.26. The van der Waals surface area contributed by atoms with Crippen molar-refractivity contribution < 1.29 is 22.8 Å². The summed E-state index contributed by atoms with van der Waals surface area (Å²) in [6.07, 6.45) is 3.58. The Morgan fingerprint density at radius 1 is 1.05 bits per heavy atom. The van der Waals surface area contributed by atoms with Gasteiger partial charge in [-0.15, -0.1) is 0 Å². The molecule has 0 atom stereocenters. The van der Waals surface area contributed by atoms with Gasteiger partial charge in [0.2, 0.25) is 5.91 Å². The van der Waals surface area contributed by atoms with Gasteiger partial charge in [-0.1, -0.05) is 33.8 Å². The number of hydrogen-bond acceptors (Lipinski definition) is 3. The first-order valence-electron chi connectivity index (χ1n) is 13.0. The van der Waals surface area contributed by atoms with Crippen molar-refractivity contribution >= 4 is 22.8 Å². The van der Waals surface area contributed by atoms with E-state index in [2.05, 4.69) is 22.5 Å². The molecule has 0 saturated heterocycles. The van der Waals surface area contributed by atoms with Crippen molar-refractivity contribution in [3.05, 3.63) is 64.2 Å². The molecule has 1 saturated carbocycles. The van der Waals surface area contributed by atoms with E-state index in [-0.39, 0.29) is 41.6 Å². The molecule has 2 amide bonds. The van der Waals surface area contributed by atoms with Crippen LogP contribution < -0.4 is 10.6 Å². The molecule has 0 aliphatic heterocycles. The Kier molecular flexibility index (Phi) is 7.85. The smallest absolute Gasteiger partial charge is 0.254 e. The number of hydrogen-bond donors (Lipinski definition) is 2. The quantitative estimate of drug-likeness (QED) is 0.440. The number of amides is 2. The minimum Gasteiger partial charge on any atom is -0.351 e. The van der Waals surface area contributed by atoms with Crippen LogP contribution in [0.1, 0.15) is 80.7 Å². The molecule has 2 N–H and O–H groups in total. The predicted molar refractivity (Wildman–Crippen MR) is 140 cm³/mol. The average Bonchev–Trinajstić information content (AvgIpc) is 3.15. The summed E-state index contributed by atoms with van der Waals surface area (Å²) in [7, 11) is 1.64. The number of nitrogens with zero attached hydrogens (tertiary/aromatic N) is 2. The summed E-state index contributed by atoms with van der Waals surface area (Å²) in [5, 5.41) is 5.61. The van der Waals surface area contributed by atoms with Crippen molar-refractivity contribution in [1.82, 2.24) is 20.2 Å². The van der Waals surface area contributed by atoms with E-state index in [0.717, 1.165) is 31.7 Å². The third-order valence-electron chi connectivity index (χ3n) is 7.38. The Labute approximate surface area is 221 Å². The molecule has 0 bridgehead atoms. The van der Waals surface area contributed by atoms with Crippen molar-refractivity contribution in [3.63, 3.8) is 0 Å². The van der Waals surface area contributed by atoms with E-state index in [0.29, 0.717) is 22.8 Å². The molecule has 0 unspecified atom stereocenters. The van der Waals surface area contributed by atoms with E-state index in [1.807, 2.05) is 0 Å². The van der Waals surface area contributed by atoms with Gasteiger partial charge < -0.3 is 15.2 Å². The van der Waals surface area contributed by atoms with Gasteiger partial charge in [0.05, 0.1) is 16.6 Å². The van der Waals surface area contributed by atoms with E-state index in [1.165, 1.54) is 18.2 Å². The first-order valence-corrected chi connectivity index (χ1v) is 13.0. The lowest BCUT2D eigenvalue weighted by Crippen LogP contribution is -2.37. The van der Waals surface area contributed by atoms with E-state index < -0.39 is 28.8 Å². The predicted octanol–water partition coefficient (Wildman–Crippen LogP) is 5.55. The highest BCUT2D eigenvalue weighted by molar-refractivity contribution is 5.98. The van der Waals surface area contributed by atoms with Crippen LogP contribution in [0.5, 0.6) is 0 Å². The zero-order valence-electron chi connectivity index (χ0n) is 22.6. The number of aromatic nitrogens is 2. The first kappa shape index (κ1) is 27.7. The number of benzene rings is 2. The number of nitrogens with one attached hydrogen (secondary N) is 2. The highest BCUT2D eigenvalue weighted by atomic mass is 19.1. The summed E-state index contributed by atoms with van der Waals surface area (Å²) >= 11 is 0. The number of fused-ring (bicyclic) bond motifs is 1. The van der Waals surface area contributed by atoms with Crippen LogP contribution in [0.25, 0.3) is 11.0 Å². The van der Waals surface area contributed by atoms with E-state index >= 15 is 4.39 Å². The minimum absolute atomic E-state index is 0.0134. The fourth-order valence-corrected chi connectivity index (χ4v) is 4.81. The Hall–Kier alpha value is -3.36. The van der Waals surface area contributed by atoms with Gasteiger partial charge in [0, 0.05) is 48.7 Å². The second-order valence-electron chi connectivity index (χ2n) is 11.4. The fourth-order valence-electron chi connectivity index (χ4n) is 4.81. The highest BCUT2D eigenvalue weighted by Gasteiger charge is 2.25. The van der Waals surface area contributed by atoms with E-state index in [9.17, 15) is 18.4 Å². The normalized spacial score (nSPS) is 18.0. The molecule has 1 aliphatic carbocycles. The highest BCUT2D eigenvalue weighted by Crippen LogP contribution is 2.26. The molecule has 9 heteroatoms. The average molecular weight is 529 g/mol. The van der Waals surface area contributed by atoms with Crippen LogP contribution in [0, 0.1) is 28.8 Å². The standard InChI is InChI=1S/C29H35F3N4O2/c1-16-6-9-18(10-7-16)34-27(37)20-12-23-24(14-22(20)31)36(5)25(35-23)13-19-21(30)11-8-17(26(19)32)15-33-28(38)29(2,3)4/h8,11-12,14,16,18H,6-7,9-10,13,15H2,1-5H3,(H,33,38)(H,34,37). The largest absolute Gasteiger partial charge is 0.351 e. The van der Waals surface area contributed by atoms with E-state index in [1.54, 1.807) is 32.4 Å². The SMILES string of the molecule is CC1CCC(NC(=O)c2cc3nc(Cc4c(F)ccc(CNC(=O)C(C)(C)C)c4F)n(C)c3cc2F)CC1. The number of rotatable bonds is 6. The second kappa shape index (κ2) is 10.8. The summed E-state index contributed by atoms with van der Waals surface area (Å²) in [5.74, 6) is -1.99. The van der Waals surface area contributed by atoms with Gasteiger partial charge in [-0.25, -0.2) is 18.2 Å². The van der Waals surface area contributed by atoms with Crippen LogP contribution >= 0.6 is 0 Å². The van der Waals surface area contributed by atoms with Gasteiger partial charge in [0.25, 0.3) is 5.91 Å². The molecule has 2 aromatic carbocycles. The molecule has 1 aliphatic rings. The number of imidazole rings is 1. The molecule has 0 radical (unpaired) electrons. The molecule has 1 heterocycles. The Balaban J connectivity index is 1.57. The lowest BCUT2D eigenvalue weighted by molar-refractivity contribution is -0.128. The van der Waals surface area contributed by atoms with Crippen LogP contribution in [0.15, 0.2) is 24.3 Å². The fraction of sp³-hybridized carbons (Fsp3) is 0.483. The van der Waals surface area contributed by atoms with Crippen molar-refractivity contribution in [2.24, 2.45) is 18.4 Å². The topological polar surface area (TPSA) is 76.0 Å². The molecule has 3 aromatic rings. The monoisotopic (exact) mass is 528 g/mol. The summed E-state index contributed by atoms with van der Waals surface area (Å²) < 4.78 is 46.5. The molecular formula is C29H35F3N4O2. The molecule has 4 rings (SSSR count). The molecular weight excluding hydrogens is 493 g/mol. The maximum Gasteiger partial charge on any atom is 0.254 e. The molecule has 204 valence electrons. The maximum absolute atomic E-state index is 15.3. The number of aryl methyl sites for hydroxylation is 1. The van der Waals surface area contributed by atoms with Gasteiger partial charge in [0.1, 0.15) is 23.3 Å². The summed E-state index contributed by atoms with van der Waals surface area (Å²) in [6.45, 7) is 7.34. The Morgan fingerprint density at radius 2 is 1.74 bits per heavy atom. The van der Waals surface area contributed by atoms with Crippen molar-refractivity contribution in [3.8, 4) is 0 Å². The molecule has 1 fully saturated rings. The van der Waals surface area contributed by atoms with Gasteiger partial charge >= 0.3 is 0 Å². The third-order valence-corrected chi connectivity index (χ3v) is 7.38. The minimum atomic E-state index is -0.765. The second-order valence-corrected chi connectivity index (χ2v) is 11.4. The summed E-state index contributed by atoms with van der Waals surface area (Å²) in [6, 6.07) is 5.10. The van der Waals surface area contributed by atoms with Crippen molar-refractivity contribution in [2.75, 3.05) is 0 Å². The van der Waals surface area contributed by atoms with E-state index in [4.69, 9.17) is 0 Å². The van der Waals surface area contributed by atoms with Crippen molar-refractivity contribution in [2.45, 2.75) is 72.4 Å². The van der Waals surface area contributed by atoms with Crippen LogP contribution in [-0.4, -0.2) is 27.4 Å². The molecule has 6 nitrogen and oxygen atoms in total. The summed E-state index contributed by atoms with van der Waals surface area (Å²) in [5.41, 5.74) is -0.0203. The van der Waals surface area contributed by atoms with Gasteiger partial charge in [-0.05, 0) is 43.7 Å². The number of halogens is 3. The van der Waals surface area contributed by atoms with Crippen LogP contribution in [0.4, 0.5) is 13.2 Å². The molecule has 0 spiro atoms. The lowest BCUT2D eigenvalue weighted by atomic mass is 9.87. The molecule has 1 aromatic heterocycles. The van der Waals surface area contributed by atoms with Gasteiger partial charge in [-0.3, -0.25) is 9.59 Å².